The highest BCUT2D eigenvalue weighted by Crippen LogP contribution is 2.36. The second kappa shape index (κ2) is 14.6. The highest BCUT2D eigenvalue weighted by molar-refractivity contribution is 6.38. The van der Waals surface area contributed by atoms with Gasteiger partial charge in [-0.05, 0) is 67.1 Å². The minimum atomic E-state index is -1.01. The van der Waals surface area contributed by atoms with E-state index in [-0.39, 0.29) is 42.3 Å². The fourth-order valence-electron chi connectivity index (χ4n) is 7.15. The van der Waals surface area contributed by atoms with Crippen molar-refractivity contribution in [2.24, 2.45) is 0 Å². The third-order valence-electron chi connectivity index (χ3n) is 9.98. The molecular weight excluding hydrogens is 686 g/mol. The number of piperidine rings is 1. The van der Waals surface area contributed by atoms with Gasteiger partial charge in [0.25, 0.3) is 11.8 Å². The maximum atomic E-state index is 13.2. The van der Waals surface area contributed by atoms with Crippen LogP contribution in [-0.2, 0) is 25.6 Å². The molecule has 52 heavy (non-hydrogen) atoms. The van der Waals surface area contributed by atoms with Crippen LogP contribution in [0.5, 0.6) is 0 Å². The topological polar surface area (TPSA) is 165 Å². The maximum absolute atomic E-state index is 13.2. The second-order valence-electron chi connectivity index (χ2n) is 13.2. The average Bonchev–Trinajstić information content (AvgIpc) is 3.68. The number of piperazine rings is 1. The average molecular weight is 724 g/mol. The Kier molecular flexibility index (Phi) is 9.78. The number of aromatic nitrogens is 2. The van der Waals surface area contributed by atoms with Crippen molar-refractivity contribution in [2.45, 2.75) is 57.9 Å². The monoisotopic (exact) mass is 723 g/mol. The molecule has 0 radical (unpaired) electrons. The van der Waals surface area contributed by atoms with Gasteiger partial charge in [-0.15, -0.1) is 0 Å². The summed E-state index contributed by atoms with van der Waals surface area (Å²) in [6, 6.07) is 11.5. The standard InChI is InChI=1S/C38H38ClN7O6/c1-2-22-19-41-35-33(22)34(39)28(20-42-35)23-7-6-8-25(17-23)45-16-15-44(21-32(45)49)31(48)9-4-3-5-14-40-24-10-11-26-27(18-24)38(52)46(37(26)51)29-12-13-30(47)43-36(29)50/h6-8,10-11,17-20,29,40H,2-5,9,12-16,21H2,1H3,(H,41,42)(H,43,47,50). The van der Waals surface area contributed by atoms with Gasteiger partial charge in [-0.25, -0.2) is 4.98 Å². The molecule has 7 rings (SSSR count). The lowest BCUT2D eigenvalue weighted by Gasteiger charge is -2.34. The van der Waals surface area contributed by atoms with Crippen LogP contribution in [0.25, 0.3) is 22.2 Å². The van der Waals surface area contributed by atoms with E-state index in [9.17, 15) is 28.8 Å². The Labute approximate surface area is 304 Å². The van der Waals surface area contributed by atoms with Crippen LogP contribution in [0.3, 0.4) is 0 Å². The minimum absolute atomic E-state index is 0.0165. The molecule has 6 amide bonds. The largest absolute Gasteiger partial charge is 0.385 e. The molecule has 268 valence electrons. The van der Waals surface area contributed by atoms with E-state index in [0.29, 0.717) is 43.2 Å². The number of hydrogen-bond acceptors (Lipinski definition) is 8. The van der Waals surface area contributed by atoms with Gasteiger partial charge >= 0.3 is 0 Å². The van der Waals surface area contributed by atoms with Crippen molar-refractivity contribution < 1.29 is 28.8 Å². The summed E-state index contributed by atoms with van der Waals surface area (Å²) in [6.45, 7) is 3.50. The Balaban J connectivity index is 0.865. The summed E-state index contributed by atoms with van der Waals surface area (Å²) in [6.07, 6.45) is 7.19. The third kappa shape index (κ3) is 6.63. The van der Waals surface area contributed by atoms with Crippen molar-refractivity contribution in [2.75, 3.05) is 36.4 Å². The third-order valence-corrected chi connectivity index (χ3v) is 10.4. The highest BCUT2D eigenvalue weighted by Gasteiger charge is 2.44. The fourth-order valence-corrected chi connectivity index (χ4v) is 7.52. The number of fused-ring (bicyclic) bond motifs is 2. The summed E-state index contributed by atoms with van der Waals surface area (Å²) in [5.41, 5.74) is 5.33. The van der Waals surface area contributed by atoms with Crippen LogP contribution in [0.2, 0.25) is 5.02 Å². The highest BCUT2D eigenvalue weighted by atomic mass is 35.5. The number of amides is 6. The molecule has 14 heteroatoms. The Bertz CT molecular complexity index is 2130. The first-order chi connectivity index (χ1) is 25.1. The molecule has 2 fully saturated rings. The summed E-state index contributed by atoms with van der Waals surface area (Å²) >= 11 is 6.85. The van der Waals surface area contributed by atoms with E-state index in [1.165, 1.54) is 0 Å². The lowest BCUT2D eigenvalue weighted by atomic mass is 10.0. The van der Waals surface area contributed by atoms with Crippen molar-refractivity contribution >= 4 is 69.5 Å². The second-order valence-corrected chi connectivity index (χ2v) is 13.6. The Morgan fingerprint density at radius 1 is 0.981 bits per heavy atom. The Morgan fingerprint density at radius 3 is 2.60 bits per heavy atom. The number of nitrogens with zero attached hydrogens (tertiary/aromatic N) is 4. The SMILES string of the molecule is CCc1c[nH]c2ncc(-c3cccc(N4CCN(C(=O)CCCCCNc5ccc6c(c5)C(=O)N(C5CCC(=O)NC5=O)C6=O)CC4=O)c3)c(Cl)c12. The molecular formula is C38H38ClN7O6. The van der Waals surface area contributed by atoms with Crippen LogP contribution in [0.1, 0.15) is 71.7 Å². The molecule has 3 aliphatic heterocycles. The number of benzene rings is 2. The summed E-state index contributed by atoms with van der Waals surface area (Å²) in [5, 5.41) is 6.98. The first kappa shape index (κ1) is 34.9. The first-order valence-corrected chi connectivity index (χ1v) is 17.9. The van der Waals surface area contributed by atoms with Gasteiger partial charge in [0, 0.05) is 67.2 Å². The summed E-state index contributed by atoms with van der Waals surface area (Å²) < 4.78 is 0. The van der Waals surface area contributed by atoms with Crippen LogP contribution < -0.4 is 15.5 Å². The van der Waals surface area contributed by atoms with Crippen LogP contribution in [0, 0.1) is 0 Å². The number of anilines is 2. The number of H-pyrrole nitrogens is 1. The predicted molar refractivity (Wildman–Crippen MR) is 195 cm³/mol. The molecule has 0 bridgehead atoms. The summed E-state index contributed by atoms with van der Waals surface area (Å²) in [4.78, 5) is 88.1. The van der Waals surface area contributed by atoms with Gasteiger partial charge in [0.05, 0.1) is 16.1 Å². The van der Waals surface area contributed by atoms with Gasteiger partial charge in [-0.1, -0.05) is 37.1 Å². The quantitative estimate of drug-likeness (QED) is 0.148. The molecule has 2 saturated heterocycles. The van der Waals surface area contributed by atoms with Gasteiger partial charge < -0.3 is 20.1 Å². The number of pyridine rings is 1. The molecule has 0 aliphatic carbocycles. The van der Waals surface area contributed by atoms with Gasteiger partial charge in [0.15, 0.2) is 0 Å². The molecule has 4 aromatic rings. The molecule has 1 unspecified atom stereocenters. The van der Waals surface area contributed by atoms with E-state index >= 15 is 0 Å². The number of imide groups is 2. The number of nitrogens with one attached hydrogen (secondary N) is 3. The van der Waals surface area contributed by atoms with Crippen LogP contribution in [-0.4, -0.2) is 87.4 Å². The molecule has 13 nitrogen and oxygen atoms in total. The first-order valence-electron chi connectivity index (χ1n) is 17.6. The smallest absolute Gasteiger partial charge is 0.262 e. The number of aryl methyl sites for hydroxylation is 1. The lowest BCUT2D eigenvalue weighted by Crippen LogP contribution is -2.54. The molecule has 0 saturated carbocycles. The zero-order chi connectivity index (χ0) is 36.5. The fraction of sp³-hybridized carbons (Fsp3) is 0.342. The van der Waals surface area contributed by atoms with E-state index in [1.807, 2.05) is 30.5 Å². The number of halogens is 1. The van der Waals surface area contributed by atoms with Gasteiger partial charge in [0.1, 0.15) is 18.2 Å². The van der Waals surface area contributed by atoms with E-state index < -0.39 is 29.7 Å². The molecule has 0 spiro atoms. The van der Waals surface area contributed by atoms with E-state index in [4.69, 9.17) is 11.6 Å². The number of carbonyl (C=O) groups is 6. The van der Waals surface area contributed by atoms with Crippen molar-refractivity contribution in [1.29, 1.82) is 0 Å². The van der Waals surface area contributed by atoms with Crippen LogP contribution in [0.4, 0.5) is 11.4 Å². The van der Waals surface area contributed by atoms with Crippen molar-refractivity contribution in [1.82, 2.24) is 25.1 Å². The number of rotatable bonds is 11. The van der Waals surface area contributed by atoms with Crippen molar-refractivity contribution in [3.63, 3.8) is 0 Å². The molecule has 2 aromatic heterocycles. The molecule has 1 atom stereocenters. The molecule has 2 aromatic carbocycles. The number of aromatic amines is 1. The number of unbranched alkanes of at least 4 members (excludes halogenated alkanes) is 2. The van der Waals surface area contributed by atoms with Crippen molar-refractivity contribution in [3.8, 4) is 11.1 Å². The Morgan fingerprint density at radius 2 is 1.81 bits per heavy atom. The summed E-state index contributed by atoms with van der Waals surface area (Å²) in [7, 11) is 0. The van der Waals surface area contributed by atoms with Gasteiger partial charge in [0.2, 0.25) is 23.6 Å². The van der Waals surface area contributed by atoms with Gasteiger partial charge in [-0.2, -0.15) is 0 Å². The van der Waals surface area contributed by atoms with E-state index in [1.54, 1.807) is 34.2 Å². The van der Waals surface area contributed by atoms with E-state index in [2.05, 4.69) is 27.5 Å². The number of hydrogen-bond donors (Lipinski definition) is 3. The predicted octanol–water partition coefficient (Wildman–Crippen LogP) is 4.69. The zero-order valence-electron chi connectivity index (χ0n) is 28.7. The minimum Gasteiger partial charge on any atom is -0.385 e. The van der Waals surface area contributed by atoms with Crippen LogP contribution >= 0.6 is 11.6 Å². The maximum Gasteiger partial charge on any atom is 0.262 e. The Hall–Kier alpha value is -5.56. The lowest BCUT2D eigenvalue weighted by molar-refractivity contribution is -0.137. The molecule has 5 heterocycles. The van der Waals surface area contributed by atoms with E-state index in [0.717, 1.165) is 57.6 Å². The zero-order valence-corrected chi connectivity index (χ0v) is 29.4. The van der Waals surface area contributed by atoms with Crippen LogP contribution in [0.15, 0.2) is 54.9 Å². The molecule has 3 aliphatic rings. The normalized spacial score (nSPS) is 17.6. The van der Waals surface area contributed by atoms with Crippen molar-refractivity contribution in [3.05, 3.63) is 76.6 Å². The van der Waals surface area contributed by atoms with Gasteiger partial charge in [-0.3, -0.25) is 39.0 Å². The number of carbonyl (C=O) groups excluding carboxylic acids is 6. The summed E-state index contributed by atoms with van der Waals surface area (Å²) in [5.74, 6) is -2.36. The molecule has 3 N–H and O–H groups in total.